The first-order valence-corrected chi connectivity index (χ1v) is 6.23. The largest absolute Gasteiger partial charge is 0.378 e. The number of nitrogens with one attached hydrogen (secondary N) is 1. The van der Waals surface area contributed by atoms with Crippen LogP contribution in [-0.2, 0) is 6.54 Å². The molecule has 0 fully saturated rings. The lowest BCUT2D eigenvalue weighted by atomic mass is 10.2. The summed E-state index contributed by atoms with van der Waals surface area (Å²) in [6, 6.07) is 4.98. The monoisotopic (exact) mass is 302 g/mol. The van der Waals surface area contributed by atoms with Crippen LogP contribution >= 0.6 is 23.2 Å². The third kappa shape index (κ3) is 3.55. The van der Waals surface area contributed by atoms with E-state index >= 15 is 0 Å². The SMILES string of the molecule is Cc1cc(Cl)nc(Cl)c1NCc1cc(F)cc(F)c1. The van der Waals surface area contributed by atoms with Crippen molar-refractivity contribution < 1.29 is 8.78 Å². The molecule has 1 heterocycles. The Labute approximate surface area is 119 Å². The molecule has 0 amide bonds. The molecule has 0 saturated heterocycles. The minimum Gasteiger partial charge on any atom is -0.378 e. The van der Waals surface area contributed by atoms with Gasteiger partial charge in [0.1, 0.15) is 16.8 Å². The number of aromatic nitrogens is 1. The molecule has 0 bridgehead atoms. The summed E-state index contributed by atoms with van der Waals surface area (Å²) in [5.41, 5.74) is 1.88. The molecule has 19 heavy (non-hydrogen) atoms. The van der Waals surface area contributed by atoms with Crippen molar-refractivity contribution in [2.75, 3.05) is 5.32 Å². The van der Waals surface area contributed by atoms with Crippen LogP contribution < -0.4 is 5.32 Å². The van der Waals surface area contributed by atoms with E-state index in [0.29, 0.717) is 16.4 Å². The van der Waals surface area contributed by atoms with Gasteiger partial charge in [0.15, 0.2) is 5.15 Å². The van der Waals surface area contributed by atoms with Crippen LogP contribution in [0, 0.1) is 18.6 Å². The average Bonchev–Trinajstić information content (AvgIpc) is 2.25. The van der Waals surface area contributed by atoms with Gasteiger partial charge in [0.2, 0.25) is 0 Å². The number of halogens is 4. The molecule has 0 spiro atoms. The molecule has 1 aromatic heterocycles. The van der Waals surface area contributed by atoms with E-state index < -0.39 is 11.6 Å². The predicted molar refractivity (Wildman–Crippen MR) is 72.7 cm³/mol. The van der Waals surface area contributed by atoms with Gasteiger partial charge in [-0.1, -0.05) is 23.2 Å². The van der Waals surface area contributed by atoms with E-state index in [4.69, 9.17) is 23.2 Å². The summed E-state index contributed by atoms with van der Waals surface area (Å²) < 4.78 is 26.1. The molecule has 2 nitrogen and oxygen atoms in total. The van der Waals surface area contributed by atoms with Crippen LogP contribution in [0.3, 0.4) is 0 Å². The van der Waals surface area contributed by atoms with Crippen molar-refractivity contribution in [3.63, 3.8) is 0 Å². The molecule has 0 radical (unpaired) electrons. The van der Waals surface area contributed by atoms with Crippen molar-refractivity contribution in [3.8, 4) is 0 Å². The summed E-state index contributed by atoms with van der Waals surface area (Å²) in [5.74, 6) is -1.23. The van der Waals surface area contributed by atoms with Gasteiger partial charge in [-0.3, -0.25) is 0 Å². The molecule has 2 rings (SSSR count). The predicted octanol–water partition coefficient (Wildman–Crippen LogP) is 4.59. The van der Waals surface area contributed by atoms with E-state index in [0.717, 1.165) is 11.6 Å². The Hall–Kier alpha value is -1.39. The molecule has 6 heteroatoms. The molecule has 1 N–H and O–H groups in total. The van der Waals surface area contributed by atoms with Crippen molar-refractivity contribution in [2.24, 2.45) is 0 Å². The van der Waals surface area contributed by atoms with Gasteiger partial charge in [0, 0.05) is 12.6 Å². The van der Waals surface area contributed by atoms with E-state index in [1.807, 2.05) is 6.92 Å². The Morgan fingerprint density at radius 3 is 2.32 bits per heavy atom. The number of benzene rings is 1. The molecule has 0 unspecified atom stereocenters. The fourth-order valence-corrected chi connectivity index (χ4v) is 2.31. The lowest BCUT2D eigenvalue weighted by molar-refractivity contribution is 0.580. The topological polar surface area (TPSA) is 24.9 Å². The zero-order chi connectivity index (χ0) is 14.0. The highest BCUT2D eigenvalue weighted by Gasteiger charge is 2.08. The molecule has 0 aliphatic heterocycles. The highest BCUT2D eigenvalue weighted by Crippen LogP contribution is 2.27. The van der Waals surface area contributed by atoms with E-state index in [9.17, 15) is 8.78 Å². The Morgan fingerprint density at radius 1 is 1.11 bits per heavy atom. The zero-order valence-electron chi connectivity index (χ0n) is 9.98. The number of nitrogens with zero attached hydrogens (tertiary/aromatic N) is 1. The molecule has 100 valence electrons. The maximum atomic E-state index is 13.0. The number of aryl methyl sites for hydroxylation is 1. The standard InChI is InChI=1S/C13H10Cl2F2N2/c1-7-2-11(14)19-13(15)12(7)18-6-8-3-9(16)5-10(17)4-8/h2-5,18H,6H2,1H3. The quantitative estimate of drug-likeness (QED) is 0.839. The maximum Gasteiger partial charge on any atom is 0.154 e. The van der Waals surface area contributed by atoms with Crippen molar-refractivity contribution in [3.05, 3.63) is 57.3 Å². The van der Waals surface area contributed by atoms with E-state index in [1.54, 1.807) is 6.07 Å². The minimum atomic E-state index is -0.617. The summed E-state index contributed by atoms with van der Waals surface area (Å²) in [5, 5.41) is 3.51. The fourth-order valence-electron chi connectivity index (χ4n) is 1.71. The number of anilines is 1. The molecule has 2 aromatic rings. The number of pyridine rings is 1. The number of rotatable bonds is 3. The maximum absolute atomic E-state index is 13.0. The van der Waals surface area contributed by atoms with Gasteiger partial charge >= 0.3 is 0 Å². The van der Waals surface area contributed by atoms with Gasteiger partial charge < -0.3 is 5.32 Å². The van der Waals surface area contributed by atoms with Crippen molar-refractivity contribution >= 4 is 28.9 Å². The number of hydrogen-bond acceptors (Lipinski definition) is 2. The molecular formula is C13H10Cl2F2N2. The Bertz CT molecular complexity index is 574. The molecule has 0 atom stereocenters. The summed E-state index contributed by atoms with van der Waals surface area (Å²) in [6.45, 7) is 2.05. The van der Waals surface area contributed by atoms with Crippen molar-refractivity contribution in [2.45, 2.75) is 13.5 Å². The summed E-state index contributed by atoms with van der Waals surface area (Å²) in [4.78, 5) is 3.90. The van der Waals surface area contributed by atoms with Crippen LogP contribution in [0.4, 0.5) is 14.5 Å². The van der Waals surface area contributed by atoms with E-state index in [-0.39, 0.29) is 11.7 Å². The summed E-state index contributed by atoms with van der Waals surface area (Å²) in [7, 11) is 0. The van der Waals surface area contributed by atoms with E-state index in [1.165, 1.54) is 12.1 Å². The van der Waals surface area contributed by atoms with Crippen molar-refractivity contribution in [1.82, 2.24) is 4.98 Å². The van der Waals surface area contributed by atoms with Crippen LogP contribution in [0.1, 0.15) is 11.1 Å². The second-order valence-electron chi connectivity index (χ2n) is 4.06. The number of hydrogen-bond donors (Lipinski definition) is 1. The van der Waals surface area contributed by atoms with Gasteiger partial charge in [0.25, 0.3) is 0 Å². The Kier molecular flexibility index (Phi) is 4.22. The zero-order valence-corrected chi connectivity index (χ0v) is 11.5. The fraction of sp³-hybridized carbons (Fsp3) is 0.154. The Balaban J connectivity index is 2.19. The first-order valence-electron chi connectivity index (χ1n) is 5.47. The van der Waals surface area contributed by atoms with Crippen LogP contribution in [0.5, 0.6) is 0 Å². The van der Waals surface area contributed by atoms with Gasteiger partial charge in [-0.15, -0.1) is 0 Å². The smallest absolute Gasteiger partial charge is 0.154 e. The molecule has 1 aromatic carbocycles. The van der Waals surface area contributed by atoms with Gasteiger partial charge in [-0.2, -0.15) is 0 Å². The molecule has 0 aliphatic carbocycles. The highest BCUT2D eigenvalue weighted by atomic mass is 35.5. The minimum absolute atomic E-state index is 0.224. The third-order valence-corrected chi connectivity index (χ3v) is 3.00. The van der Waals surface area contributed by atoms with Crippen LogP contribution in [0.15, 0.2) is 24.3 Å². The lowest BCUT2D eigenvalue weighted by Gasteiger charge is -2.11. The molecule has 0 saturated carbocycles. The van der Waals surface area contributed by atoms with E-state index in [2.05, 4.69) is 10.3 Å². The Morgan fingerprint density at radius 2 is 1.74 bits per heavy atom. The summed E-state index contributed by atoms with van der Waals surface area (Å²) >= 11 is 11.7. The van der Waals surface area contributed by atoms with Crippen molar-refractivity contribution in [1.29, 1.82) is 0 Å². The molecular weight excluding hydrogens is 293 g/mol. The first kappa shape index (κ1) is 14.0. The van der Waals surface area contributed by atoms with Gasteiger partial charge in [-0.05, 0) is 36.2 Å². The highest BCUT2D eigenvalue weighted by molar-refractivity contribution is 6.34. The second kappa shape index (κ2) is 5.72. The van der Waals surface area contributed by atoms with Crippen LogP contribution in [-0.4, -0.2) is 4.98 Å². The second-order valence-corrected chi connectivity index (χ2v) is 4.80. The average molecular weight is 303 g/mol. The molecule has 0 aliphatic rings. The van der Waals surface area contributed by atoms with Crippen LogP contribution in [0.2, 0.25) is 10.3 Å². The van der Waals surface area contributed by atoms with Crippen LogP contribution in [0.25, 0.3) is 0 Å². The third-order valence-electron chi connectivity index (χ3n) is 2.53. The van der Waals surface area contributed by atoms with Gasteiger partial charge in [-0.25, -0.2) is 13.8 Å². The summed E-state index contributed by atoms with van der Waals surface area (Å²) in [6.07, 6.45) is 0. The first-order chi connectivity index (χ1) is 8.95. The lowest BCUT2D eigenvalue weighted by Crippen LogP contribution is -2.03. The normalized spacial score (nSPS) is 10.6. The van der Waals surface area contributed by atoms with Gasteiger partial charge in [0.05, 0.1) is 5.69 Å².